The largest absolute Gasteiger partial charge is 0.360 e. The quantitative estimate of drug-likeness (QED) is 0.647. The van der Waals surface area contributed by atoms with Crippen LogP contribution in [0.2, 0.25) is 5.02 Å². The maximum absolute atomic E-state index is 12.1. The van der Waals surface area contributed by atoms with Crippen molar-refractivity contribution in [2.24, 2.45) is 0 Å². The molecule has 0 heterocycles. The molecule has 0 atom stereocenters. The minimum absolute atomic E-state index is 0.0635. The number of nitrogens with one attached hydrogen (secondary N) is 2. The van der Waals surface area contributed by atoms with Crippen molar-refractivity contribution in [3.8, 4) is 12.1 Å². The molecule has 6 heteroatoms. The Morgan fingerprint density at radius 3 is 2.46 bits per heavy atom. The van der Waals surface area contributed by atoms with Gasteiger partial charge in [0.1, 0.15) is 11.6 Å². The van der Waals surface area contributed by atoms with Crippen molar-refractivity contribution in [2.45, 2.75) is 6.54 Å². The van der Waals surface area contributed by atoms with E-state index in [4.69, 9.17) is 22.1 Å². The number of nitrogens with zero attached hydrogens (tertiary/aromatic N) is 2. The third kappa shape index (κ3) is 4.61. The third-order valence-electron chi connectivity index (χ3n) is 3.16. The van der Waals surface area contributed by atoms with E-state index in [1.165, 1.54) is 6.20 Å². The van der Waals surface area contributed by atoms with Crippen molar-refractivity contribution in [2.75, 3.05) is 5.32 Å². The van der Waals surface area contributed by atoms with E-state index >= 15 is 0 Å². The van der Waals surface area contributed by atoms with Gasteiger partial charge in [0.15, 0.2) is 0 Å². The highest BCUT2D eigenvalue weighted by Gasteiger charge is 2.09. The van der Waals surface area contributed by atoms with Crippen LogP contribution in [-0.2, 0) is 11.3 Å². The fourth-order valence-electron chi connectivity index (χ4n) is 1.86. The summed E-state index contributed by atoms with van der Waals surface area (Å²) >= 11 is 6.02. The fraction of sp³-hybridized carbons (Fsp3) is 0.0556. The predicted octanol–water partition coefficient (Wildman–Crippen LogP) is 3.35. The van der Waals surface area contributed by atoms with Crippen LogP contribution in [0.5, 0.6) is 0 Å². The highest BCUT2D eigenvalue weighted by atomic mass is 35.5. The summed E-state index contributed by atoms with van der Waals surface area (Å²) in [4.78, 5) is 12.1. The second kappa shape index (κ2) is 8.38. The molecule has 0 aliphatic rings. The molecule has 0 spiro atoms. The Hall–Kier alpha value is -3.28. The first-order chi connectivity index (χ1) is 11.6. The van der Waals surface area contributed by atoms with Gasteiger partial charge in [-0.25, -0.2) is 0 Å². The zero-order valence-electron chi connectivity index (χ0n) is 12.6. The zero-order chi connectivity index (χ0) is 17.4. The number of rotatable bonds is 5. The van der Waals surface area contributed by atoms with E-state index in [1.807, 2.05) is 18.2 Å². The summed E-state index contributed by atoms with van der Waals surface area (Å²) in [6.07, 6.45) is 1.32. The van der Waals surface area contributed by atoms with Crippen LogP contribution in [0.3, 0.4) is 0 Å². The van der Waals surface area contributed by atoms with E-state index in [2.05, 4.69) is 10.6 Å². The zero-order valence-corrected chi connectivity index (χ0v) is 13.3. The first kappa shape index (κ1) is 17.1. The molecule has 1 amide bonds. The molecule has 0 aromatic heterocycles. The van der Waals surface area contributed by atoms with Gasteiger partial charge in [0.25, 0.3) is 5.91 Å². The van der Waals surface area contributed by atoms with Crippen LogP contribution in [0.15, 0.2) is 60.3 Å². The Kier molecular flexibility index (Phi) is 5.96. The van der Waals surface area contributed by atoms with Crippen LogP contribution in [0.4, 0.5) is 5.69 Å². The summed E-state index contributed by atoms with van der Waals surface area (Å²) in [5, 5.41) is 23.9. The number of nitriles is 2. The SMILES string of the molecule is N#C/C(=C/Nc1ccc(C#N)cc1)C(=O)NCc1ccccc1Cl. The van der Waals surface area contributed by atoms with E-state index in [-0.39, 0.29) is 12.1 Å². The van der Waals surface area contributed by atoms with E-state index < -0.39 is 5.91 Å². The Labute approximate surface area is 144 Å². The minimum atomic E-state index is -0.501. The van der Waals surface area contributed by atoms with Crippen molar-refractivity contribution < 1.29 is 4.79 Å². The lowest BCUT2D eigenvalue weighted by molar-refractivity contribution is -0.117. The van der Waals surface area contributed by atoms with Crippen molar-refractivity contribution in [3.63, 3.8) is 0 Å². The molecular formula is C18H13ClN4O. The van der Waals surface area contributed by atoms with Gasteiger partial charge in [-0.05, 0) is 35.9 Å². The average molecular weight is 337 g/mol. The summed E-state index contributed by atoms with van der Waals surface area (Å²) in [5.74, 6) is -0.501. The molecule has 2 aromatic carbocycles. The molecule has 118 valence electrons. The normalized spacial score (nSPS) is 10.4. The lowest BCUT2D eigenvalue weighted by Crippen LogP contribution is -2.24. The van der Waals surface area contributed by atoms with E-state index in [0.717, 1.165) is 5.56 Å². The van der Waals surface area contributed by atoms with Crippen LogP contribution in [0.1, 0.15) is 11.1 Å². The summed E-state index contributed by atoms with van der Waals surface area (Å²) in [6, 6.07) is 17.7. The van der Waals surface area contributed by atoms with Crippen LogP contribution in [0.25, 0.3) is 0 Å². The molecule has 0 aliphatic heterocycles. The summed E-state index contributed by atoms with van der Waals surface area (Å²) in [7, 11) is 0. The number of benzene rings is 2. The molecule has 0 aliphatic carbocycles. The van der Waals surface area contributed by atoms with Gasteiger partial charge in [-0.3, -0.25) is 4.79 Å². The summed E-state index contributed by atoms with van der Waals surface area (Å²) < 4.78 is 0. The molecular weight excluding hydrogens is 324 g/mol. The van der Waals surface area contributed by atoms with Gasteiger partial charge < -0.3 is 10.6 Å². The molecule has 24 heavy (non-hydrogen) atoms. The van der Waals surface area contributed by atoms with Gasteiger partial charge in [0.05, 0.1) is 11.6 Å². The van der Waals surface area contributed by atoms with Crippen LogP contribution < -0.4 is 10.6 Å². The predicted molar refractivity (Wildman–Crippen MR) is 91.8 cm³/mol. The smallest absolute Gasteiger partial charge is 0.263 e. The molecule has 0 unspecified atom stereocenters. The van der Waals surface area contributed by atoms with Gasteiger partial charge in [-0.15, -0.1) is 0 Å². The fourth-order valence-corrected chi connectivity index (χ4v) is 2.06. The summed E-state index contributed by atoms with van der Waals surface area (Å²) in [6.45, 7) is 0.231. The third-order valence-corrected chi connectivity index (χ3v) is 3.53. The Balaban J connectivity index is 1.99. The van der Waals surface area contributed by atoms with Gasteiger partial charge in [0.2, 0.25) is 0 Å². The van der Waals surface area contributed by atoms with Gasteiger partial charge in [-0.1, -0.05) is 29.8 Å². The monoisotopic (exact) mass is 336 g/mol. The number of halogens is 1. The molecule has 2 rings (SSSR count). The van der Waals surface area contributed by atoms with Crippen LogP contribution >= 0.6 is 11.6 Å². The van der Waals surface area contributed by atoms with Crippen LogP contribution in [0, 0.1) is 22.7 Å². The standard InChI is InChI=1S/C18H13ClN4O/c19-17-4-2-1-3-14(17)11-23-18(24)15(10-21)12-22-16-7-5-13(9-20)6-8-16/h1-8,12,22H,11H2,(H,23,24)/b15-12-. The molecule has 5 nitrogen and oxygen atoms in total. The van der Waals surface area contributed by atoms with Crippen molar-refractivity contribution in [1.82, 2.24) is 5.32 Å². The maximum atomic E-state index is 12.1. The molecule has 0 radical (unpaired) electrons. The topological polar surface area (TPSA) is 88.7 Å². The van der Waals surface area contributed by atoms with E-state index in [1.54, 1.807) is 42.5 Å². The van der Waals surface area contributed by atoms with E-state index in [0.29, 0.717) is 16.3 Å². The summed E-state index contributed by atoms with van der Waals surface area (Å²) in [5.41, 5.74) is 1.90. The minimum Gasteiger partial charge on any atom is -0.360 e. The Morgan fingerprint density at radius 1 is 1.12 bits per heavy atom. The molecule has 0 fully saturated rings. The average Bonchev–Trinajstić information content (AvgIpc) is 2.62. The molecule has 0 saturated carbocycles. The molecule has 0 bridgehead atoms. The Bertz CT molecular complexity index is 845. The van der Waals surface area contributed by atoms with Gasteiger partial charge in [-0.2, -0.15) is 10.5 Å². The van der Waals surface area contributed by atoms with Gasteiger partial charge >= 0.3 is 0 Å². The van der Waals surface area contributed by atoms with Crippen LogP contribution in [-0.4, -0.2) is 5.91 Å². The number of carbonyl (C=O) groups excluding carboxylic acids is 1. The highest BCUT2D eigenvalue weighted by Crippen LogP contribution is 2.14. The Morgan fingerprint density at radius 2 is 1.83 bits per heavy atom. The number of anilines is 1. The van der Waals surface area contributed by atoms with Crippen molar-refractivity contribution >= 4 is 23.2 Å². The first-order valence-electron chi connectivity index (χ1n) is 7.02. The van der Waals surface area contributed by atoms with Crippen molar-refractivity contribution in [1.29, 1.82) is 10.5 Å². The lowest BCUT2D eigenvalue weighted by atomic mass is 10.2. The molecule has 2 N–H and O–H groups in total. The second-order valence-corrected chi connectivity index (χ2v) is 5.18. The van der Waals surface area contributed by atoms with Gasteiger partial charge in [0, 0.05) is 23.5 Å². The number of hydrogen-bond donors (Lipinski definition) is 2. The maximum Gasteiger partial charge on any atom is 0.263 e. The molecule has 0 saturated heterocycles. The highest BCUT2D eigenvalue weighted by molar-refractivity contribution is 6.31. The number of hydrogen-bond acceptors (Lipinski definition) is 4. The molecule has 2 aromatic rings. The van der Waals surface area contributed by atoms with E-state index in [9.17, 15) is 4.79 Å². The number of amides is 1. The lowest BCUT2D eigenvalue weighted by Gasteiger charge is -2.07. The first-order valence-corrected chi connectivity index (χ1v) is 7.40. The van der Waals surface area contributed by atoms with Crippen molar-refractivity contribution in [3.05, 3.63) is 76.5 Å². The number of carbonyl (C=O) groups is 1. The second-order valence-electron chi connectivity index (χ2n) is 4.78.